The van der Waals surface area contributed by atoms with Gasteiger partial charge in [0.2, 0.25) is 0 Å². The maximum atomic E-state index is 4.48. The van der Waals surface area contributed by atoms with Gasteiger partial charge in [0.1, 0.15) is 0 Å². The van der Waals surface area contributed by atoms with Gasteiger partial charge in [0.25, 0.3) is 0 Å². The Kier molecular flexibility index (Phi) is 4.96. The Labute approximate surface area is 115 Å². The van der Waals surface area contributed by atoms with Gasteiger partial charge in [-0.15, -0.1) is 0 Å². The molecule has 0 saturated carbocycles. The van der Waals surface area contributed by atoms with Crippen molar-refractivity contribution in [1.29, 1.82) is 0 Å². The number of aryl methyl sites for hydroxylation is 2. The number of hydrogen-bond donors (Lipinski definition) is 1. The molecule has 0 atom stereocenters. The molecule has 0 spiro atoms. The molecule has 2 aromatic rings. The fourth-order valence-corrected chi connectivity index (χ4v) is 2.06. The zero-order valence-corrected chi connectivity index (χ0v) is 11.8. The smallest absolute Gasteiger partial charge is 0.0597 e. The number of anilines is 1. The van der Waals surface area contributed by atoms with Crippen LogP contribution in [0, 0.1) is 6.92 Å². The van der Waals surface area contributed by atoms with Crippen molar-refractivity contribution in [3.05, 3.63) is 59.4 Å². The molecule has 2 nitrogen and oxygen atoms in total. The summed E-state index contributed by atoms with van der Waals surface area (Å²) < 4.78 is 0. The fraction of sp³-hybridized carbons (Fsp3) is 0.353. The van der Waals surface area contributed by atoms with Gasteiger partial charge in [-0.2, -0.15) is 0 Å². The highest BCUT2D eigenvalue weighted by Crippen LogP contribution is 2.12. The van der Waals surface area contributed by atoms with Crippen LogP contribution in [0.2, 0.25) is 0 Å². The van der Waals surface area contributed by atoms with Crippen LogP contribution in [0.15, 0.2) is 42.5 Å². The number of pyridine rings is 1. The van der Waals surface area contributed by atoms with E-state index < -0.39 is 0 Å². The summed E-state index contributed by atoms with van der Waals surface area (Å²) in [5.41, 5.74) is 4.72. The molecule has 0 aliphatic heterocycles. The third-order valence-corrected chi connectivity index (χ3v) is 3.19. The Morgan fingerprint density at radius 2 is 1.84 bits per heavy atom. The second-order valence-electron chi connectivity index (χ2n) is 4.92. The van der Waals surface area contributed by atoms with Crippen molar-refractivity contribution in [1.82, 2.24) is 4.98 Å². The number of nitrogens with one attached hydrogen (secondary N) is 1. The van der Waals surface area contributed by atoms with Crippen molar-refractivity contribution >= 4 is 5.69 Å². The summed E-state index contributed by atoms with van der Waals surface area (Å²) in [6.07, 6.45) is 3.69. The van der Waals surface area contributed by atoms with Crippen LogP contribution in [0.4, 0.5) is 5.69 Å². The summed E-state index contributed by atoms with van der Waals surface area (Å²) in [6, 6.07) is 14.8. The summed E-state index contributed by atoms with van der Waals surface area (Å²) in [7, 11) is 0. The van der Waals surface area contributed by atoms with Crippen LogP contribution < -0.4 is 5.32 Å². The molecule has 0 bridgehead atoms. The lowest BCUT2D eigenvalue weighted by molar-refractivity contribution is 0.795. The molecule has 2 heteroatoms. The predicted octanol–water partition coefficient (Wildman–Crippen LogP) is 4.34. The van der Waals surface area contributed by atoms with Gasteiger partial charge in [-0.1, -0.05) is 31.5 Å². The average molecular weight is 254 g/mol. The fourth-order valence-electron chi connectivity index (χ4n) is 2.06. The summed E-state index contributed by atoms with van der Waals surface area (Å²) in [4.78, 5) is 4.48. The summed E-state index contributed by atoms with van der Waals surface area (Å²) in [6.45, 7) is 5.02. The number of unbranched alkanes of at least 4 members (excludes halogenated alkanes) is 1. The second kappa shape index (κ2) is 6.93. The average Bonchev–Trinajstić information content (AvgIpc) is 2.44. The number of hydrogen-bond acceptors (Lipinski definition) is 2. The highest BCUT2D eigenvalue weighted by Gasteiger charge is 1.97. The molecule has 19 heavy (non-hydrogen) atoms. The van der Waals surface area contributed by atoms with Crippen LogP contribution in [0.25, 0.3) is 0 Å². The molecule has 0 aliphatic carbocycles. The molecule has 1 aromatic heterocycles. The zero-order valence-electron chi connectivity index (χ0n) is 11.8. The molecule has 0 aliphatic rings. The van der Waals surface area contributed by atoms with Crippen LogP contribution >= 0.6 is 0 Å². The maximum Gasteiger partial charge on any atom is 0.0597 e. The van der Waals surface area contributed by atoms with Gasteiger partial charge in [0, 0.05) is 11.4 Å². The van der Waals surface area contributed by atoms with E-state index in [1.807, 2.05) is 19.1 Å². The van der Waals surface area contributed by atoms with Crippen molar-refractivity contribution in [2.45, 2.75) is 39.7 Å². The molecule has 1 heterocycles. The minimum absolute atomic E-state index is 0.774. The molecule has 0 unspecified atom stereocenters. The normalized spacial score (nSPS) is 10.4. The SMILES string of the molecule is CCCCc1ccc(NCc2cccc(C)n2)cc1. The quantitative estimate of drug-likeness (QED) is 0.829. The van der Waals surface area contributed by atoms with Gasteiger partial charge >= 0.3 is 0 Å². The van der Waals surface area contributed by atoms with Gasteiger partial charge in [0.05, 0.1) is 12.2 Å². The van der Waals surface area contributed by atoms with Crippen molar-refractivity contribution in [3.63, 3.8) is 0 Å². The topological polar surface area (TPSA) is 24.9 Å². The Hall–Kier alpha value is -1.83. The minimum Gasteiger partial charge on any atom is -0.379 e. The van der Waals surface area contributed by atoms with E-state index in [1.165, 1.54) is 24.8 Å². The molecule has 1 N–H and O–H groups in total. The van der Waals surface area contributed by atoms with Crippen LogP contribution in [0.5, 0.6) is 0 Å². The molecular formula is C17H22N2. The Morgan fingerprint density at radius 1 is 1.05 bits per heavy atom. The van der Waals surface area contributed by atoms with E-state index in [-0.39, 0.29) is 0 Å². The molecule has 0 amide bonds. The molecule has 2 rings (SSSR count). The lowest BCUT2D eigenvalue weighted by atomic mass is 10.1. The molecule has 0 fully saturated rings. The number of nitrogens with zero attached hydrogens (tertiary/aromatic N) is 1. The van der Waals surface area contributed by atoms with Gasteiger partial charge in [0.15, 0.2) is 0 Å². The molecule has 1 aromatic carbocycles. The van der Waals surface area contributed by atoms with E-state index in [0.717, 1.165) is 23.6 Å². The highest BCUT2D eigenvalue weighted by atomic mass is 14.9. The van der Waals surface area contributed by atoms with Crippen LogP contribution in [0.3, 0.4) is 0 Å². The zero-order chi connectivity index (χ0) is 13.5. The van der Waals surface area contributed by atoms with Crippen molar-refractivity contribution in [2.75, 3.05) is 5.32 Å². The lowest BCUT2D eigenvalue weighted by Gasteiger charge is -2.07. The van der Waals surface area contributed by atoms with Gasteiger partial charge < -0.3 is 5.32 Å². The first-order valence-corrected chi connectivity index (χ1v) is 7.03. The predicted molar refractivity (Wildman–Crippen MR) is 81.4 cm³/mol. The van der Waals surface area contributed by atoms with Gasteiger partial charge in [-0.3, -0.25) is 4.98 Å². The van der Waals surface area contributed by atoms with Crippen molar-refractivity contribution in [2.24, 2.45) is 0 Å². The summed E-state index contributed by atoms with van der Waals surface area (Å²) in [5, 5.41) is 3.41. The maximum absolute atomic E-state index is 4.48. The third kappa shape index (κ3) is 4.40. The van der Waals surface area contributed by atoms with Gasteiger partial charge in [-0.05, 0) is 49.6 Å². The van der Waals surface area contributed by atoms with Gasteiger partial charge in [-0.25, -0.2) is 0 Å². The molecule has 0 radical (unpaired) electrons. The van der Waals surface area contributed by atoms with Crippen LogP contribution in [-0.2, 0) is 13.0 Å². The number of rotatable bonds is 6. The first-order chi connectivity index (χ1) is 9.28. The third-order valence-electron chi connectivity index (χ3n) is 3.19. The number of benzene rings is 1. The molecule has 0 saturated heterocycles. The Balaban J connectivity index is 1.89. The van der Waals surface area contributed by atoms with E-state index in [4.69, 9.17) is 0 Å². The van der Waals surface area contributed by atoms with Crippen LogP contribution in [-0.4, -0.2) is 4.98 Å². The minimum atomic E-state index is 0.774. The van der Waals surface area contributed by atoms with Crippen molar-refractivity contribution < 1.29 is 0 Å². The van der Waals surface area contributed by atoms with Crippen molar-refractivity contribution in [3.8, 4) is 0 Å². The van der Waals surface area contributed by atoms with E-state index in [1.54, 1.807) is 0 Å². The van der Waals surface area contributed by atoms with E-state index in [9.17, 15) is 0 Å². The largest absolute Gasteiger partial charge is 0.379 e. The van der Waals surface area contributed by atoms with Crippen LogP contribution in [0.1, 0.15) is 36.7 Å². The monoisotopic (exact) mass is 254 g/mol. The van der Waals surface area contributed by atoms with E-state index in [2.05, 4.69) is 47.6 Å². The molecule has 100 valence electrons. The first kappa shape index (κ1) is 13.6. The lowest BCUT2D eigenvalue weighted by Crippen LogP contribution is -2.02. The summed E-state index contributed by atoms with van der Waals surface area (Å²) in [5.74, 6) is 0. The summed E-state index contributed by atoms with van der Waals surface area (Å²) >= 11 is 0. The first-order valence-electron chi connectivity index (χ1n) is 7.03. The molecular weight excluding hydrogens is 232 g/mol. The Bertz CT molecular complexity index is 503. The van der Waals surface area contributed by atoms with E-state index >= 15 is 0 Å². The standard InChI is InChI=1S/C17H22N2/c1-3-4-7-15-9-11-16(12-10-15)18-13-17-8-5-6-14(2)19-17/h5-6,8-12,18H,3-4,7,13H2,1-2H3. The highest BCUT2D eigenvalue weighted by molar-refractivity contribution is 5.44. The van der Waals surface area contributed by atoms with E-state index in [0.29, 0.717) is 0 Å². The second-order valence-corrected chi connectivity index (χ2v) is 4.92. The number of aromatic nitrogens is 1. The Morgan fingerprint density at radius 3 is 2.53 bits per heavy atom.